The minimum atomic E-state index is -1.04. The summed E-state index contributed by atoms with van der Waals surface area (Å²) in [5.41, 5.74) is 1.59. The normalized spacial score (nSPS) is 19.7. The molecule has 0 unspecified atom stereocenters. The Morgan fingerprint density at radius 3 is 2.42 bits per heavy atom. The summed E-state index contributed by atoms with van der Waals surface area (Å²) in [5, 5.41) is 14.4. The van der Waals surface area contributed by atoms with E-state index in [0.717, 1.165) is 12.0 Å². The summed E-state index contributed by atoms with van der Waals surface area (Å²) in [7, 11) is 0. The van der Waals surface area contributed by atoms with Crippen molar-refractivity contribution in [2.24, 2.45) is 0 Å². The number of carboxylic acid groups (broad SMARTS) is 1. The van der Waals surface area contributed by atoms with Crippen LogP contribution in [0.1, 0.15) is 38.2 Å². The van der Waals surface area contributed by atoms with Gasteiger partial charge in [0.15, 0.2) is 6.10 Å². The smallest absolute Gasteiger partial charge is 0.332 e. The molecule has 0 saturated carbocycles. The Labute approximate surface area is 140 Å². The fraction of sp³-hybridized carbons (Fsp3) is 0.471. The predicted molar refractivity (Wildman–Crippen MR) is 87.4 cm³/mol. The van der Waals surface area contributed by atoms with Crippen LogP contribution in [0.25, 0.3) is 0 Å². The van der Waals surface area contributed by atoms with E-state index in [-0.39, 0.29) is 11.8 Å². The van der Waals surface area contributed by atoms with Crippen LogP contribution in [0.5, 0.6) is 0 Å². The number of carbonyl (C=O) groups excluding carboxylic acids is 2. The van der Waals surface area contributed by atoms with Gasteiger partial charge in [-0.3, -0.25) is 9.59 Å². The summed E-state index contributed by atoms with van der Waals surface area (Å²) in [6.45, 7) is 2.26. The summed E-state index contributed by atoms with van der Waals surface area (Å²) in [5.74, 6) is -1.37. The number of ether oxygens (including phenoxy) is 1. The van der Waals surface area contributed by atoms with Gasteiger partial charge in [-0.05, 0) is 37.0 Å². The molecule has 1 saturated heterocycles. The number of nitrogens with one attached hydrogen (secondary N) is 2. The molecule has 130 valence electrons. The van der Waals surface area contributed by atoms with Gasteiger partial charge in [-0.15, -0.1) is 0 Å². The summed E-state index contributed by atoms with van der Waals surface area (Å²) >= 11 is 0. The van der Waals surface area contributed by atoms with Crippen LogP contribution in [0.2, 0.25) is 0 Å². The van der Waals surface area contributed by atoms with Gasteiger partial charge in [0.1, 0.15) is 6.10 Å². The van der Waals surface area contributed by atoms with Gasteiger partial charge in [0.2, 0.25) is 11.8 Å². The van der Waals surface area contributed by atoms with Crippen molar-refractivity contribution < 1.29 is 24.2 Å². The van der Waals surface area contributed by atoms with Crippen molar-refractivity contribution in [1.29, 1.82) is 0 Å². The number of anilines is 1. The van der Waals surface area contributed by atoms with E-state index in [1.165, 1.54) is 0 Å². The van der Waals surface area contributed by atoms with Crippen molar-refractivity contribution in [3.05, 3.63) is 29.8 Å². The number of amides is 2. The Kier molecular flexibility index (Phi) is 6.31. The van der Waals surface area contributed by atoms with E-state index in [1.807, 2.05) is 19.1 Å². The van der Waals surface area contributed by atoms with Gasteiger partial charge in [0, 0.05) is 18.7 Å². The fourth-order valence-corrected chi connectivity index (χ4v) is 2.47. The number of carboxylic acids is 1. The molecule has 2 atom stereocenters. The first kappa shape index (κ1) is 17.9. The minimum absolute atomic E-state index is 0.0232. The molecular weight excluding hydrogens is 312 g/mol. The van der Waals surface area contributed by atoms with Crippen LogP contribution in [-0.4, -0.2) is 35.1 Å². The van der Waals surface area contributed by atoms with Crippen molar-refractivity contribution >= 4 is 23.5 Å². The number of aliphatic carboxylic acids is 1. The van der Waals surface area contributed by atoms with E-state index >= 15 is 0 Å². The SMILES string of the molecule is CCCC(=O)Nc1ccc(CNC(=O)[C@@H]2CC[C@H](C(=O)O)O2)cc1. The van der Waals surface area contributed by atoms with E-state index in [0.29, 0.717) is 31.5 Å². The lowest BCUT2D eigenvalue weighted by molar-refractivity contribution is -0.151. The highest BCUT2D eigenvalue weighted by atomic mass is 16.5. The Morgan fingerprint density at radius 2 is 1.83 bits per heavy atom. The van der Waals surface area contributed by atoms with Crippen LogP contribution in [0.15, 0.2) is 24.3 Å². The summed E-state index contributed by atoms with van der Waals surface area (Å²) in [6.07, 6.45) is 0.425. The zero-order valence-electron chi connectivity index (χ0n) is 13.6. The largest absolute Gasteiger partial charge is 0.479 e. The monoisotopic (exact) mass is 334 g/mol. The molecular formula is C17H22N2O5. The Hall–Kier alpha value is -2.41. The third kappa shape index (κ3) is 5.06. The lowest BCUT2D eigenvalue weighted by atomic mass is 10.1. The molecule has 1 aliphatic heterocycles. The van der Waals surface area contributed by atoms with Gasteiger partial charge in [-0.25, -0.2) is 4.79 Å². The predicted octanol–water partition coefficient (Wildman–Crippen LogP) is 1.67. The first-order chi connectivity index (χ1) is 11.5. The van der Waals surface area contributed by atoms with Crippen molar-refractivity contribution in [1.82, 2.24) is 5.32 Å². The molecule has 0 aromatic heterocycles. The number of benzene rings is 1. The number of carbonyl (C=O) groups is 3. The summed E-state index contributed by atoms with van der Waals surface area (Å²) in [4.78, 5) is 34.3. The van der Waals surface area contributed by atoms with Crippen molar-refractivity contribution in [2.75, 3.05) is 5.32 Å². The third-order valence-electron chi connectivity index (χ3n) is 3.77. The summed E-state index contributed by atoms with van der Waals surface area (Å²) < 4.78 is 5.20. The molecule has 24 heavy (non-hydrogen) atoms. The van der Waals surface area contributed by atoms with Crippen LogP contribution < -0.4 is 10.6 Å². The lowest BCUT2D eigenvalue weighted by Gasteiger charge is -2.12. The number of hydrogen-bond donors (Lipinski definition) is 3. The number of rotatable bonds is 7. The fourth-order valence-electron chi connectivity index (χ4n) is 2.47. The van der Waals surface area contributed by atoms with Crippen molar-refractivity contribution in [3.8, 4) is 0 Å². The Bertz CT molecular complexity index is 600. The molecule has 1 aliphatic rings. The average molecular weight is 334 g/mol. The van der Waals surface area contributed by atoms with E-state index < -0.39 is 18.2 Å². The third-order valence-corrected chi connectivity index (χ3v) is 3.77. The lowest BCUT2D eigenvalue weighted by Crippen LogP contribution is -2.35. The van der Waals surface area contributed by atoms with Crippen LogP contribution >= 0.6 is 0 Å². The van der Waals surface area contributed by atoms with Crippen LogP contribution in [-0.2, 0) is 25.7 Å². The second-order valence-electron chi connectivity index (χ2n) is 5.74. The second-order valence-corrected chi connectivity index (χ2v) is 5.74. The highest BCUT2D eigenvalue weighted by molar-refractivity contribution is 5.90. The highest BCUT2D eigenvalue weighted by Crippen LogP contribution is 2.20. The van der Waals surface area contributed by atoms with Gasteiger partial charge < -0.3 is 20.5 Å². The molecule has 0 spiro atoms. The molecule has 1 heterocycles. The van der Waals surface area contributed by atoms with E-state index in [2.05, 4.69) is 10.6 Å². The Morgan fingerprint density at radius 1 is 1.17 bits per heavy atom. The molecule has 0 bridgehead atoms. The average Bonchev–Trinajstić information content (AvgIpc) is 3.04. The van der Waals surface area contributed by atoms with E-state index in [9.17, 15) is 14.4 Å². The maximum Gasteiger partial charge on any atom is 0.332 e. The Balaban J connectivity index is 1.79. The molecule has 1 aromatic rings. The van der Waals surface area contributed by atoms with Gasteiger partial charge in [-0.2, -0.15) is 0 Å². The molecule has 0 radical (unpaired) electrons. The highest BCUT2D eigenvalue weighted by Gasteiger charge is 2.34. The molecule has 7 nitrogen and oxygen atoms in total. The van der Waals surface area contributed by atoms with Crippen molar-refractivity contribution in [3.63, 3.8) is 0 Å². The summed E-state index contributed by atoms with van der Waals surface area (Å²) in [6, 6.07) is 7.19. The first-order valence-electron chi connectivity index (χ1n) is 8.04. The maximum absolute atomic E-state index is 12.0. The van der Waals surface area contributed by atoms with E-state index in [1.54, 1.807) is 12.1 Å². The van der Waals surface area contributed by atoms with Gasteiger partial charge >= 0.3 is 5.97 Å². The van der Waals surface area contributed by atoms with Crippen molar-refractivity contribution in [2.45, 2.75) is 51.4 Å². The second kappa shape index (κ2) is 8.44. The van der Waals surface area contributed by atoms with Gasteiger partial charge in [0.25, 0.3) is 0 Å². The molecule has 7 heteroatoms. The number of hydrogen-bond acceptors (Lipinski definition) is 4. The zero-order valence-corrected chi connectivity index (χ0v) is 13.6. The van der Waals surface area contributed by atoms with Crippen LogP contribution in [0.4, 0.5) is 5.69 Å². The van der Waals surface area contributed by atoms with E-state index in [4.69, 9.17) is 9.84 Å². The minimum Gasteiger partial charge on any atom is -0.479 e. The molecule has 1 aromatic carbocycles. The molecule has 2 amide bonds. The standard InChI is InChI=1S/C17H22N2O5/c1-2-3-15(20)19-12-6-4-11(5-7-12)10-18-16(21)13-8-9-14(24-13)17(22)23/h4-7,13-14H,2-3,8-10H2,1H3,(H,18,21)(H,19,20)(H,22,23)/t13-,14+/m0/s1. The first-order valence-corrected chi connectivity index (χ1v) is 8.04. The topological polar surface area (TPSA) is 105 Å². The molecule has 2 rings (SSSR count). The maximum atomic E-state index is 12.0. The van der Waals surface area contributed by atoms with Crippen LogP contribution in [0.3, 0.4) is 0 Å². The quantitative estimate of drug-likeness (QED) is 0.703. The molecule has 3 N–H and O–H groups in total. The molecule has 1 fully saturated rings. The van der Waals surface area contributed by atoms with Crippen LogP contribution in [0, 0.1) is 0 Å². The van der Waals surface area contributed by atoms with Gasteiger partial charge in [-0.1, -0.05) is 19.1 Å². The zero-order chi connectivity index (χ0) is 17.5. The van der Waals surface area contributed by atoms with Gasteiger partial charge in [0.05, 0.1) is 0 Å². The molecule has 0 aliphatic carbocycles.